The smallest absolute Gasteiger partial charge is 0.126 e. The minimum atomic E-state index is -0.848. The summed E-state index contributed by atoms with van der Waals surface area (Å²) in [6.45, 7) is 5.69. The summed E-state index contributed by atoms with van der Waals surface area (Å²) in [5, 5.41) is 0.879. The fraction of sp³-hybridized carbons (Fsp3) is 0.357. The van der Waals surface area contributed by atoms with Crippen molar-refractivity contribution in [1.29, 1.82) is 0 Å². The number of hydrogen-bond acceptors (Lipinski definition) is 3. The second kappa shape index (κ2) is 4.98. The number of halogens is 2. The molecule has 1 atom stereocenters. The highest BCUT2D eigenvalue weighted by atomic mass is 32.1. The van der Waals surface area contributed by atoms with E-state index in [-0.39, 0.29) is 0 Å². The molecule has 102 valence electrons. The Morgan fingerprint density at radius 1 is 1.21 bits per heavy atom. The van der Waals surface area contributed by atoms with E-state index in [1.165, 1.54) is 12.1 Å². The van der Waals surface area contributed by atoms with Crippen molar-refractivity contribution < 1.29 is 8.78 Å². The van der Waals surface area contributed by atoms with E-state index in [1.54, 1.807) is 18.3 Å². The molecule has 0 spiro atoms. The van der Waals surface area contributed by atoms with Crippen molar-refractivity contribution in [2.24, 2.45) is 5.73 Å². The normalized spacial score (nSPS) is 14.4. The van der Waals surface area contributed by atoms with E-state index in [9.17, 15) is 8.78 Å². The lowest BCUT2D eigenvalue weighted by Gasteiger charge is -2.24. The molecule has 19 heavy (non-hydrogen) atoms. The van der Waals surface area contributed by atoms with Crippen LogP contribution in [0.4, 0.5) is 8.78 Å². The monoisotopic (exact) mass is 282 g/mol. The molecule has 2 N–H and O–H groups in total. The highest BCUT2D eigenvalue weighted by Crippen LogP contribution is 2.27. The zero-order valence-corrected chi connectivity index (χ0v) is 11.9. The Morgan fingerprint density at radius 2 is 1.79 bits per heavy atom. The average molecular weight is 282 g/mol. The topological polar surface area (TPSA) is 38.9 Å². The van der Waals surface area contributed by atoms with Crippen LogP contribution < -0.4 is 5.73 Å². The van der Waals surface area contributed by atoms with Gasteiger partial charge < -0.3 is 5.73 Å². The molecule has 2 nitrogen and oxygen atoms in total. The van der Waals surface area contributed by atoms with Gasteiger partial charge in [0, 0.05) is 22.9 Å². The quantitative estimate of drug-likeness (QED) is 0.936. The molecule has 0 radical (unpaired) electrons. The standard InChI is InChI=1S/C14H16F2N2S/c1-8-9(2)19-13(18-8)7-14(3,17)10-4-11(15)6-12(16)5-10/h4-6H,7,17H2,1-3H3. The van der Waals surface area contributed by atoms with Crippen molar-refractivity contribution >= 4 is 11.3 Å². The van der Waals surface area contributed by atoms with Gasteiger partial charge >= 0.3 is 0 Å². The van der Waals surface area contributed by atoms with E-state index in [0.717, 1.165) is 21.6 Å². The Kier molecular flexibility index (Phi) is 3.69. The van der Waals surface area contributed by atoms with Crippen molar-refractivity contribution in [3.05, 3.63) is 51.0 Å². The predicted octanol–water partition coefficient (Wildman–Crippen LogP) is 3.45. The summed E-state index contributed by atoms with van der Waals surface area (Å²) in [5.74, 6) is -1.23. The van der Waals surface area contributed by atoms with Gasteiger partial charge in [-0.3, -0.25) is 0 Å². The Hall–Kier alpha value is -1.33. The molecular formula is C14H16F2N2S. The lowest BCUT2D eigenvalue weighted by Crippen LogP contribution is -2.35. The zero-order valence-electron chi connectivity index (χ0n) is 11.1. The molecule has 2 rings (SSSR count). The number of nitrogens with zero attached hydrogens (tertiary/aromatic N) is 1. The maximum atomic E-state index is 13.3. The first-order chi connectivity index (χ1) is 8.78. The van der Waals surface area contributed by atoms with Crippen LogP contribution in [-0.2, 0) is 12.0 Å². The van der Waals surface area contributed by atoms with Gasteiger partial charge in [-0.2, -0.15) is 0 Å². The van der Waals surface area contributed by atoms with E-state index in [1.807, 2.05) is 13.8 Å². The van der Waals surface area contributed by atoms with E-state index < -0.39 is 17.2 Å². The van der Waals surface area contributed by atoms with Gasteiger partial charge in [0.2, 0.25) is 0 Å². The van der Waals surface area contributed by atoms with Gasteiger partial charge in [-0.15, -0.1) is 11.3 Å². The molecule has 0 aliphatic carbocycles. The SMILES string of the molecule is Cc1nc(CC(C)(N)c2cc(F)cc(F)c2)sc1C. The molecule has 0 aliphatic heterocycles. The summed E-state index contributed by atoms with van der Waals surface area (Å²) >= 11 is 1.57. The van der Waals surface area contributed by atoms with Crippen LogP contribution in [0.3, 0.4) is 0 Å². The van der Waals surface area contributed by atoms with Crippen molar-refractivity contribution in [2.45, 2.75) is 32.7 Å². The summed E-state index contributed by atoms with van der Waals surface area (Å²) in [7, 11) is 0. The van der Waals surface area contributed by atoms with Gasteiger partial charge in [0.1, 0.15) is 11.6 Å². The second-order valence-corrected chi connectivity index (χ2v) is 6.29. The fourth-order valence-corrected chi connectivity index (χ4v) is 3.02. The van der Waals surface area contributed by atoms with Crippen molar-refractivity contribution in [2.75, 3.05) is 0 Å². The van der Waals surface area contributed by atoms with Gasteiger partial charge in [-0.25, -0.2) is 13.8 Å². The molecule has 1 unspecified atom stereocenters. The molecule has 1 aromatic carbocycles. The molecule has 5 heteroatoms. The third-order valence-electron chi connectivity index (χ3n) is 3.11. The summed E-state index contributed by atoms with van der Waals surface area (Å²) in [6.07, 6.45) is 0.454. The molecule has 1 heterocycles. The van der Waals surface area contributed by atoms with E-state index in [4.69, 9.17) is 5.73 Å². The fourth-order valence-electron chi connectivity index (χ4n) is 1.91. The van der Waals surface area contributed by atoms with Crippen LogP contribution in [0.1, 0.15) is 28.1 Å². The molecule has 0 amide bonds. The third kappa shape index (κ3) is 3.16. The third-order valence-corrected chi connectivity index (χ3v) is 4.19. The Labute approximate surface area is 115 Å². The van der Waals surface area contributed by atoms with Gasteiger partial charge in [-0.1, -0.05) is 0 Å². The molecule has 1 aromatic heterocycles. The number of thiazole rings is 1. The van der Waals surface area contributed by atoms with Crippen molar-refractivity contribution in [1.82, 2.24) is 4.98 Å². The van der Waals surface area contributed by atoms with Crippen molar-refractivity contribution in [3.63, 3.8) is 0 Å². The number of rotatable bonds is 3. The minimum Gasteiger partial charge on any atom is -0.321 e. The number of benzene rings is 1. The number of aryl methyl sites for hydroxylation is 2. The maximum Gasteiger partial charge on any atom is 0.126 e. The number of nitrogens with two attached hydrogens (primary N) is 1. The first-order valence-electron chi connectivity index (χ1n) is 5.96. The second-order valence-electron chi connectivity index (χ2n) is 5.00. The minimum absolute atomic E-state index is 0.440. The summed E-state index contributed by atoms with van der Waals surface area (Å²) < 4.78 is 26.5. The van der Waals surface area contributed by atoms with Crippen LogP contribution in [-0.4, -0.2) is 4.98 Å². The molecule has 0 aliphatic rings. The van der Waals surface area contributed by atoms with Gasteiger partial charge in [0.15, 0.2) is 0 Å². The van der Waals surface area contributed by atoms with Gasteiger partial charge in [-0.05, 0) is 38.5 Å². The van der Waals surface area contributed by atoms with Crippen molar-refractivity contribution in [3.8, 4) is 0 Å². The molecule has 0 fully saturated rings. The predicted molar refractivity (Wildman–Crippen MR) is 73.2 cm³/mol. The first-order valence-corrected chi connectivity index (χ1v) is 6.78. The molecule has 0 saturated carbocycles. The first kappa shape index (κ1) is 14.1. The van der Waals surface area contributed by atoms with Gasteiger partial charge in [0.25, 0.3) is 0 Å². The Morgan fingerprint density at radius 3 is 2.26 bits per heavy atom. The summed E-state index contributed by atoms with van der Waals surface area (Å²) in [5.41, 5.74) is 6.77. The largest absolute Gasteiger partial charge is 0.321 e. The highest BCUT2D eigenvalue weighted by molar-refractivity contribution is 7.11. The van der Waals surface area contributed by atoms with E-state index in [0.29, 0.717) is 12.0 Å². The lowest BCUT2D eigenvalue weighted by molar-refractivity contribution is 0.477. The lowest BCUT2D eigenvalue weighted by atomic mass is 9.90. The number of aromatic nitrogens is 1. The van der Waals surface area contributed by atoms with Crippen LogP contribution in [0.15, 0.2) is 18.2 Å². The van der Waals surface area contributed by atoms with Crippen LogP contribution in [0, 0.1) is 25.5 Å². The molecule has 0 saturated heterocycles. The Balaban J connectivity index is 2.31. The highest BCUT2D eigenvalue weighted by Gasteiger charge is 2.25. The van der Waals surface area contributed by atoms with Crippen LogP contribution in [0.2, 0.25) is 0 Å². The summed E-state index contributed by atoms with van der Waals surface area (Å²) in [6, 6.07) is 3.39. The zero-order chi connectivity index (χ0) is 14.2. The Bertz CT molecular complexity index is 566. The van der Waals surface area contributed by atoms with Crippen LogP contribution in [0.25, 0.3) is 0 Å². The van der Waals surface area contributed by atoms with Gasteiger partial charge in [0.05, 0.1) is 10.7 Å². The molecular weight excluding hydrogens is 266 g/mol. The van der Waals surface area contributed by atoms with E-state index >= 15 is 0 Å². The number of hydrogen-bond donors (Lipinski definition) is 1. The van der Waals surface area contributed by atoms with Crippen LogP contribution >= 0.6 is 11.3 Å². The van der Waals surface area contributed by atoms with Crippen LogP contribution in [0.5, 0.6) is 0 Å². The maximum absolute atomic E-state index is 13.3. The summed E-state index contributed by atoms with van der Waals surface area (Å²) in [4.78, 5) is 5.55. The van der Waals surface area contributed by atoms with E-state index in [2.05, 4.69) is 4.98 Å². The average Bonchev–Trinajstić information content (AvgIpc) is 2.55. The molecule has 2 aromatic rings. The molecule has 0 bridgehead atoms.